The van der Waals surface area contributed by atoms with Gasteiger partial charge in [0.25, 0.3) is 0 Å². The second-order valence-corrected chi connectivity index (χ2v) is 7.64. The second kappa shape index (κ2) is 7.81. The van der Waals surface area contributed by atoms with Crippen molar-refractivity contribution < 1.29 is 13.2 Å². The molecule has 0 saturated heterocycles. The van der Waals surface area contributed by atoms with Gasteiger partial charge in [-0.15, -0.1) is 0 Å². The molecule has 0 heterocycles. The maximum Gasteiger partial charge on any atom is 0.241 e. The minimum Gasteiger partial charge on any atom is -0.492 e. The first-order chi connectivity index (χ1) is 11.3. The van der Waals surface area contributed by atoms with Gasteiger partial charge in [-0.25, -0.2) is 13.1 Å². The van der Waals surface area contributed by atoms with E-state index in [2.05, 4.69) is 11.6 Å². The number of rotatable bonds is 7. The van der Waals surface area contributed by atoms with Crippen LogP contribution in [0.3, 0.4) is 0 Å². The van der Waals surface area contributed by atoms with E-state index in [1.165, 1.54) is 0 Å². The molecular weight excluding hydrogens is 322 g/mol. The lowest BCUT2D eigenvalue weighted by Crippen LogP contribution is -2.29. The fourth-order valence-electron chi connectivity index (χ4n) is 2.94. The summed E-state index contributed by atoms with van der Waals surface area (Å²) in [5, 5.41) is 0. The highest BCUT2D eigenvalue weighted by Crippen LogP contribution is 2.21. The van der Waals surface area contributed by atoms with Crippen LogP contribution in [-0.2, 0) is 16.4 Å². The Morgan fingerprint density at radius 2 is 1.67 bits per heavy atom. The van der Waals surface area contributed by atoms with Crippen molar-refractivity contribution in [3.8, 4) is 5.75 Å². The molecule has 130 valence electrons. The van der Waals surface area contributed by atoms with Crippen molar-refractivity contribution in [2.75, 3.05) is 13.2 Å². The van der Waals surface area contributed by atoms with E-state index >= 15 is 0 Å². The van der Waals surface area contributed by atoms with Crippen LogP contribution in [0.25, 0.3) is 0 Å². The lowest BCUT2D eigenvalue weighted by Gasteiger charge is -2.14. The van der Waals surface area contributed by atoms with Crippen LogP contribution in [0.15, 0.2) is 41.3 Å². The zero-order valence-corrected chi connectivity index (χ0v) is 15.5. The third kappa shape index (κ3) is 4.36. The molecule has 0 amide bonds. The van der Waals surface area contributed by atoms with Gasteiger partial charge in [0, 0.05) is 6.54 Å². The molecule has 24 heavy (non-hydrogen) atoms. The van der Waals surface area contributed by atoms with Gasteiger partial charge >= 0.3 is 0 Å². The quantitative estimate of drug-likeness (QED) is 0.780. The molecule has 0 atom stereocenters. The van der Waals surface area contributed by atoms with Crippen molar-refractivity contribution in [2.45, 2.75) is 39.0 Å². The smallest absolute Gasteiger partial charge is 0.241 e. The van der Waals surface area contributed by atoms with Crippen LogP contribution in [0.2, 0.25) is 0 Å². The Balaban J connectivity index is 2.01. The number of para-hydroxylation sites is 1. The zero-order valence-electron chi connectivity index (χ0n) is 14.7. The predicted octanol–water partition coefficient (Wildman–Crippen LogP) is 3.53. The molecule has 0 bridgehead atoms. The molecule has 5 heteroatoms. The van der Waals surface area contributed by atoms with E-state index in [9.17, 15) is 8.42 Å². The zero-order chi connectivity index (χ0) is 17.7. The Bertz CT molecular complexity index is 790. The molecule has 0 aliphatic carbocycles. The summed E-state index contributed by atoms with van der Waals surface area (Å²) in [7, 11) is -3.54. The highest BCUT2D eigenvalue weighted by molar-refractivity contribution is 7.89. The maximum atomic E-state index is 12.6. The van der Waals surface area contributed by atoms with Gasteiger partial charge in [0.2, 0.25) is 10.0 Å². The molecule has 1 N–H and O–H groups in total. The lowest BCUT2D eigenvalue weighted by molar-refractivity contribution is 0.320. The Hall–Kier alpha value is -1.85. The van der Waals surface area contributed by atoms with Crippen LogP contribution in [-0.4, -0.2) is 21.6 Å². The molecule has 0 aliphatic rings. The molecular formula is C19H25NO3S. The molecule has 2 rings (SSSR count). The van der Waals surface area contributed by atoms with Crippen LogP contribution in [0, 0.1) is 20.8 Å². The number of benzene rings is 2. The molecule has 0 unspecified atom stereocenters. The summed E-state index contributed by atoms with van der Waals surface area (Å²) in [4.78, 5) is 0.363. The summed E-state index contributed by atoms with van der Waals surface area (Å²) in [6.45, 7) is 8.19. The lowest BCUT2D eigenvalue weighted by atomic mass is 10.1. The molecule has 4 nitrogen and oxygen atoms in total. The van der Waals surface area contributed by atoms with Crippen LogP contribution >= 0.6 is 0 Å². The largest absolute Gasteiger partial charge is 0.492 e. The SMILES string of the molecule is CCc1ccccc1OCCNS(=O)(=O)c1c(C)cc(C)cc1C. The Kier molecular flexibility index (Phi) is 6.02. The van der Waals surface area contributed by atoms with Gasteiger partial charge in [-0.05, 0) is 49.9 Å². The summed E-state index contributed by atoms with van der Waals surface area (Å²) in [5.41, 5.74) is 3.70. The fraction of sp³-hybridized carbons (Fsp3) is 0.368. The third-order valence-corrected chi connectivity index (χ3v) is 5.64. The summed E-state index contributed by atoms with van der Waals surface area (Å²) in [6.07, 6.45) is 0.879. The highest BCUT2D eigenvalue weighted by atomic mass is 32.2. The van der Waals surface area contributed by atoms with Crippen molar-refractivity contribution in [1.82, 2.24) is 4.72 Å². The number of sulfonamides is 1. The first kappa shape index (κ1) is 18.5. The van der Waals surface area contributed by atoms with E-state index in [1.54, 1.807) is 0 Å². The van der Waals surface area contributed by atoms with E-state index in [-0.39, 0.29) is 6.54 Å². The minimum absolute atomic E-state index is 0.229. The number of nitrogens with one attached hydrogen (secondary N) is 1. The Labute approximate surface area is 144 Å². The number of aryl methyl sites for hydroxylation is 4. The normalized spacial score (nSPS) is 11.5. The summed E-state index contributed by atoms with van der Waals surface area (Å²) >= 11 is 0. The average Bonchev–Trinajstić information content (AvgIpc) is 2.50. The Morgan fingerprint density at radius 3 is 2.29 bits per heavy atom. The molecule has 0 radical (unpaired) electrons. The van der Waals surface area contributed by atoms with Gasteiger partial charge in [0.15, 0.2) is 0 Å². The van der Waals surface area contributed by atoms with Crippen molar-refractivity contribution in [3.63, 3.8) is 0 Å². The topological polar surface area (TPSA) is 55.4 Å². The van der Waals surface area contributed by atoms with Crippen molar-refractivity contribution in [1.29, 1.82) is 0 Å². The maximum absolute atomic E-state index is 12.6. The number of hydrogen-bond acceptors (Lipinski definition) is 3. The van der Waals surface area contributed by atoms with E-state index in [0.29, 0.717) is 11.5 Å². The van der Waals surface area contributed by atoms with Crippen LogP contribution < -0.4 is 9.46 Å². The van der Waals surface area contributed by atoms with Gasteiger partial charge in [-0.1, -0.05) is 42.8 Å². The van der Waals surface area contributed by atoms with Crippen LogP contribution in [0.4, 0.5) is 0 Å². The van der Waals surface area contributed by atoms with E-state index in [0.717, 1.165) is 34.4 Å². The monoisotopic (exact) mass is 347 g/mol. The van der Waals surface area contributed by atoms with Crippen molar-refractivity contribution in [3.05, 3.63) is 58.7 Å². The molecule has 2 aromatic carbocycles. The van der Waals surface area contributed by atoms with Crippen LogP contribution in [0.1, 0.15) is 29.2 Å². The molecule has 0 spiro atoms. The van der Waals surface area contributed by atoms with Gasteiger partial charge < -0.3 is 4.74 Å². The summed E-state index contributed by atoms with van der Waals surface area (Å²) in [5.74, 6) is 0.807. The molecule has 0 fully saturated rings. The fourth-order valence-corrected chi connectivity index (χ4v) is 4.40. The van der Waals surface area contributed by atoms with Crippen molar-refractivity contribution >= 4 is 10.0 Å². The average molecular weight is 347 g/mol. The first-order valence-electron chi connectivity index (χ1n) is 8.13. The first-order valence-corrected chi connectivity index (χ1v) is 9.61. The Morgan fingerprint density at radius 1 is 1.04 bits per heavy atom. The van der Waals surface area contributed by atoms with Crippen LogP contribution in [0.5, 0.6) is 5.75 Å². The molecule has 2 aromatic rings. The molecule has 0 aliphatic heterocycles. The second-order valence-electron chi connectivity index (χ2n) is 5.94. The summed E-state index contributed by atoms with van der Waals surface area (Å²) in [6, 6.07) is 11.6. The van der Waals surface area contributed by atoms with Gasteiger partial charge in [0.05, 0.1) is 4.90 Å². The molecule has 0 aromatic heterocycles. The van der Waals surface area contributed by atoms with Crippen molar-refractivity contribution in [2.24, 2.45) is 0 Å². The summed E-state index contributed by atoms with van der Waals surface area (Å²) < 4.78 is 33.4. The van der Waals surface area contributed by atoms with E-state index in [4.69, 9.17) is 4.74 Å². The molecule has 0 saturated carbocycles. The third-order valence-electron chi connectivity index (χ3n) is 3.88. The van der Waals surface area contributed by atoms with E-state index in [1.807, 2.05) is 57.2 Å². The highest BCUT2D eigenvalue weighted by Gasteiger charge is 2.19. The number of ether oxygens (including phenoxy) is 1. The standard InChI is InChI=1S/C19H25NO3S/c1-5-17-8-6-7-9-18(17)23-11-10-20-24(21,22)19-15(3)12-14(2)13-16(19)4/h6-9,12-13,20H,5,10-11H2,1-4H3. The van der Waals surface area contributed by atoms with Gasteiger partial charge in [-0.3, -0.25) is 0 Å². The number of hydrogen-bond donors (Lipinski definition) is 1. The minimum atomic E-state index is -3.54. The van der Waals surface area contributed by atoms with Gasteiger partial charge in [0.1, 0.15) is 12.4 Å². The predicted molar refractivity (Wildman–Crippen MR) is 97.2 cm³/mol. The van der Waals surface area contributed by atoms with Gasteiger partial charge in [-0.2, -0.15) is 0 Å². The van der Waals surface area contributed by atoms with E-state index < -0.39 is 10.0 Å².